The lowest BCUT2D eigenvalue weighted by molar-refractivity contribution is 0.0993. The molecule has 2 aromatic heterocycles. The van der Waals surface area contributed by atoms with Gasteiger partial charge in [0.1, 0.15) is 19.3 Å². The summed E-state index contributed by atoms with van der Waals surface area (Å²) in [5.74, 6) is 0.786. The van der Waals surface area contributed by atoms with Gasteiger partial charge >= 0.3 is 0 Å². The number of benzene rings is 2. The average Bonchev–Trinajstić information content (AvgIpc) is 3.28. The molecule has 8 nitrogen and oxygen atoms in total. The van der Waals surface area contributed by atoms with Crippen LogP contribution in [0.1, 0.15) is 17.0 Å². The summed E-state index contributed by atoms with van der Waals surface area (Å²) in [6, 6.07) is 13.8. The van der Waals surface area contributed by atoms with Crippen molar-refractivity contribution in [3.8, 4) is 5.69 Å². The van der Waals surface area contributed by atoms with Crippen molar-refractivity contribution in [2.45, 2.75) is 13.2 Å². The number of fused-ring (bicyclic) bond motifs is 1. The van der Waals surface area contributed by atoms with E-state index in [9.17, 15) is 0 Å². The first-order chi connectivity index (χ1) is 13.2. The quantitative estimate of drug-likeness (QED) is 0.323. The van der Waals surface area contributed by atoms with Crippen molar-refractivity contribution < 1.29 is 9.94 Å². The zero-order valence-electron chi connectivity index (χ0n) is 14.7. The number of rotatable bonds is 6. The fourth-order valence-electron chi connectivity index (χ4n) is 2.89. The van der Waals surface area contributed by atoms with E-state index in [1.807, 2.05) is 48.0 Å². The van der Waals surface area contributed by atoms with Crippen LogP contribution in [-0.2, 0) is 25.0 Å². The lowest BCUT2D eigenvalue weighted by Gasteiger charge is -2.08. The number of hydrogen-bond donors (Lipinski definition) is 1. The van der Waals surface area contributed by atoms with Gasteiger partial charge in [0.15, 0.2) is 5.82 Å². The maximum Gasteiger partial charge on any atom is 0.152 e. The first-order valence-electron chi connectivity index (χ1n) is 8.39. The van der Waals surface area contributed by atoms with Gasteiger partial charge in [-0.15, -0.1) is 0 Å². The number of oxime groups is 1. The third-order valence-electron chi connectivity index (χ3n) is 4.27. The minimum absolute atomic E-state index is 0.407. The van der Waals surface area contributed by atoms with Crippen LogP contribution in [0.5, 0.6) is 0 Å². The molecule has 0 saturated carbocycles. The van der Waals surface area contributed by atoms with Crippen LogP contribution in [0, 0.1) is 0 Å². The van der Waals surface area contributed by atoms with Gasteiger partial charge in [0.05, 0.1) is 23.9 Å². The third kappa shape index (κ3) is 3.56. The predicted molar refractivity (Wildman–Crippen MR) is 99.9 cm³/mol. The molecule has 2 heterocycles. The monoisotopic (exact) mass is 362 g/mol. The van der Waals surface area contributed by atoms with Gasteiger partial charge in [0, 0.05) is 12.7 Å². The molecule has 0 aliphatic carbocycles. The molecule has 0 bridgehead atoms. The number of aromatic nitrogens is 5. The highest BCUT2D eigenvalue weighted by Gasteiger charge is 2.07. The highest BCUT2D eigenvalue weighted by Crippen LogP contribution is 2.20. The van der Waals surface area contributed by atoms with Crippen LogP contribution in [-0.4, -0.2) is 35.7 Å². The summed E-state index contributed by atoms with van der Waals surface area (Å²) in [7, 11) is 1.84. The summed E-state index contributed by atoms with van der Waals surface area (Å²) >= 11 is 0. The topological polar surface area (TPSA) is 90.4 Å². The van der Waals surface area contributed by atoms with Crippen LogP contribution in [0.25, 0.3) is 16.7 Å². The number of hydrogen-bond acceptors (Lipinski definition) is 6. The Balaban J connectivity index is 1.53. The Morgan fingerprint density at radius 3 is 2.89 bits per heavy atom. The maximum atomic E-state index is 8.68. The van der Waals surface area contributed by atoms with E-state index in [2.05, 4.69) is 26.3 Å². The number of aryl methyl sites for hydroxylation is 1. The Labute approximate surface area is 155 Å². The lowest BCUT2D eigenvalue weighted by atomic mass is 10.2. The molecule has 4 aromatic rings. The van der Waals surface area contributed by atoms with Crippen molar-refractivity contribution in [1.29, 1.82) is 0 Å². The van der Waals surface area contributed by atoms with Gasteiger partial charge in [0.2, 0.25) is 0 Å². The average molecular weight is 362 g/mol. The molecule has 0 atom stereocenters. The van der Waals surface area contributed by atoms with Gasteiger partial charge in [0.25, 0.3) is 0 Å². The standard InChI is InChI=1S/C19H18N6O2/c1-24-19(20-12-22-24)11-27-10-15-3-2-4-16(7-15)25-13-21-17-8-14(9-23-26)5-6-18(17)25/h2-9,12-13,26H,10-11H2,1H3. The smallest absolute Gasteiger partial charge is 0.152 e. The maximum absolute atomic E-state index is 8.68. The van der Waals surface area contributed by atoms with E-state index >= 15 is 0 Å². The fraction of sp³-hybridized carbons (Fsp3) is 0.158. The van der Waals surface area contributed by atoms with Crippen LogP contribution in [0.2, 0.25) is 0 Å². The van der Waals surface area contributed by atoms with Gasteiger partial charge in [-0.05, 0) is 35.4 Å². The Hall–Kier alpha value is -3.52. The Morgan fingerprint density at radius 1 is 1.15 bits per heavy atom. The van der Waals surface area contributed by atoms with Crippen molar-refractivity contribution in [3.63, 3.8) is 0 Å². The Kier molecular flexibility index (Phi) is 4.63. The molecule has 8 heteroatoms. The second-order valence-electron chi connectivity index (χ2n) is 6.07. The normalized spacial score (nSPS) is 11.6. The molecule has 0 aliphatic rings. The molecule has 0 aliphatic heterocycles. The summed E-state index contributed by atoms with van der Waals surface area (Å²) in [6.07, 6.45) is 4.68. The van der Waals surface area contributed by atoms with Gasteiger partial charge in [-0.2, -0.15) is 5.10 Å². The van der Waals surface area contributed by atoms with Crippen molar-refractivity contribution in [2.75, 3.05) is 0 Å². The molecule has 1 N–H and O–H groups in total. The molecule has 27 heavy (non-hydrogen) atoms. The number of nitrogens with zero attached hydrogens (tertiary/aromatic N) is 6. The van der Waals surface area contributed by atoms with Crippen LogP contribution in [0.3, 0.4) is 0 Å². The van der Waals surface area contributed by atoms with Crippen molar-refractivity contribution in [2.24, 2.45) is 12.2 Å². The Morgan fingerprint density at radius 2 is 2.07 bits per heavy atom. The van der Waals surface area contributed by atoms with E-state index in [0.29, 0.717) is 13.2 Å². The van der Waals surface area contributed by atoms with Crippen molar-refractivity contribution in [1.82, 2.24) is 24.3 Å². The van der Waals surface area contributed by atoms with Crippen LogP contribution >= 0.6 is 0 Å². The molecule has 4 rings (SSSR count). The summed E-state index contributed by atoms with van der Waals surface area (Å²) < 4.78 is 9.47. The van der Waals surface area contributed by atoms with Crippen LogP contribution in [0.15, 0.2) is 60.3 Å². The summed E-state index contributed by atoms with van der Waals surface area (Å²) in [6.45, 7) is 0.883. The minimum Gasteiger partial charge on any atom is -0.411 e. The highest BCUT2D eigenvalue weighted by molar-refractivity contribution is 5.87. The van der Waals surface area contributed by atoms with Crippen LogP contribution < -0.4 is 0 Å². The molecule has 136 valence electrons. The van der Waals surface area contributed by atoms with E-state index < -0.39 is 0 Å². The zero-order valence-corrected chi connectivity index (χ0v) is 14.7. The van der Waals surface area contributed by atoms with E-state index in [0.717, 1.165) is 33.7 Å². The second-order valence-corrected chi connectivity index (χ2v) is 6.07. The molecule has 2 aromatic carbocycles. The Bertz CT molecular complexity index is 1100. The van der Waals surface area contributed by atoms with Gasteiger partial charge in [-0.1, -0.05) is 23.4 Å². The van der Waals surface area contributed by atoms with Crippen molar-refractivity contribution in [3.05, 3.63) is 72.1 Å². The lowest BCUT2D eigenvalue weighted by Crippen LogP contribution is -2.03. The minimum atomic E-state index is 0.407. The van der Waals surface area contributed by atoms with Gasteiger partial charge in [-0.25, -0.2) is 9.97 Å². The molecule has 0 fully saturated rings. The molecule has 0 spiro atoms. The second kappa shape index (κ2) is 7.38. The molecule has 0 saturated heterocycles. The van der Waals surface area contributed by atoms with E-state index in [1.54, 1.807) is 11.0 Å². The zero-order chi connectivity index (χ0) is 18.6. The molecule has 0 amide bonds. The molecule has 0 unspecified atom stereocenters. The van der Waals surface area contributed by atoms with E-state index in [-0.39, 0.29) is 0 Å². The number of imidazole rings is 1. The van der Waals surface area contributed by atoms with E-state index in [4.69, 9.17) is 9.94 Å². The molecular weight excluding hydrogens is 344 g/mol. The van der Waals surface area contributed by atoms with Crippen molar-refractivity contribution >= 4 is 17.2 Å². The van der Waals surface area contributed by atoms with Gasteiger partial charge in [-0.3, -0.25) is 9.25 Å². The molecular formula is C19H18N6O2. The van der Waals surface area contributed by atoms with Crippen LogP contribution in [0.4, 0.5) is 0 Å². The third-order valence-corrected chi connectivity index (χ3v) is 4.27. The molecule has 0 radical (unpaired) electrons. The fourth-order valence-corrected chi connectivity index (χ4v) is 2.89. The number of ether oxygens (including phenoxy) is 1. The van der Waals surface area contributed by atoms with E-state index in [1.165, 1.54) is 12.5 Å². The summed E-state index contributed by atoms with van der Waals surface area (Å²) in [5.41, 5.74) is 4.65. The predicted octanol–water partition coefficient (Wildman–Crippen LogP) is 2.68. The SMILES string of the molecule is Cn1ncnc1COCc1cccc(-n2cnc3cc(C=NO)ccc32)c1. The summed E-state index contributed by atoms with van der Waals surface area (Å²) in [4.78, 5) is 8.59. The first kappa shape index (κ1) is 16.9. The largest absolute Gasteiger partial charge is 0.411 e. The summed E-state index contributed by atoms with van der Waals surface area (Å²) in [5, 5.41) is 15.8. The first-order valence-corrected chi connectivity index (χ1v) is 8.39. The highest BCUT2D eigenvalue weighted by atomic mass is 16.5. The van der Waals surface area contributed by atoms with Gasteiger partial charge < -0.3 is 9.94 Å².